The molecule has 2 N–H and O–H groups in total. The molecule has 0 unspecified atom stereocenters. The number of aryl methyl sites for hydroxylation is 1. The number of aromatic amines is 1. The molecule has 0 saturated heterocycles. The molecule has 2 heterocycles. The number of benzene rings is 1. The molecular formula is C16H14Br2N2OS. The van der Waals surface area contributed by atoms with Crippen molar-refractivity contribution >= 4 is 60.0 Å². The van der Waals surface area contributed by atoms with Crippen LogP contribution in [0.4, 0.5) is 0 Å². The Morgan fingerprint density at radius 1 is 1.32 bits per heavy atom. The van der Waals surface area contributed by atoms with Gasteiger partial charge < -0.3 is 10.3 Å². The Balaban J connectivity index is 1.65. The SMILES string of the molecule is Cc1ccc2c(CCNC(=O)c3cc(Br)sc3Br)c[nH]c2c1. The van der Waals surface area contributed by atoms with Crippen LogP contribution in [0.2, 0.25) is 0 Å². The van der Waals surface area contributed by atoms with Crippen LogP contribution < -0.4 is 5.32 Å². The monoisotopic (exact) mass is 440 g/mol. The minimum atomic E-state index is -0.0514. The van der Waals surface area contributed by atoms with Crippen molar-refractivity contribution in [2.45, 2.75) is 13.3 Å². The topological polar surface area (TPSA) is 44.9 Å². The second-order valence-electron chi connectivity index (χ2n) is 5.11. The molecule has 0 saturated carbocycles. The highest BCUT2D eigenvalue weighted by molar-refractivity contribution is 9.12. The Morgan fingerprint density at radius 3 is 2.86 bits per heavy atom. The van der Waals surface area contributed by atoms with Crippen LogP contribution in [-0.4, -0.2) is 17.4 Å². The van der Waals surface area contributed by atoms with Crippen molar-refractivity contribution in [1.82, 2.24) is 10.3 Å². The highest BCUT2D eigenvalue weighted by Crippen LogP contribution is 2.31. The lowest BCUT2D eigenvalue weighted by Gasteiger charge is -2.04. The summed E-state index contributed by atoms with van der Waals surface area (Å²) < 4.78 is 1.79. The van der Waals surface area contributed by atoms with Crippen LogP contribution in [-0.2, 0) is 6.42 Å². The van der Waals surface area contributed by atoms with E-state index < -0.39 is 0 Å². The standard InChI is InChI=1S/C16H14Br2N2OS/c1-9-2-3-11-10(8-20-13(11)6-9)4-5-19-16(21)12-7-14(17)22-15(12)18/h2-3,6-8,20H,4-5H2,1H3,(H,19,21). The van der Waals surface area contributed by atoms with E-state index in [1.54, 1.807) is 0 Å². The van der Waals surface area contributed by atoms with Gasteiger partial charge in [-0.3, -0.25) is 4.79 Å². The first-order valence-electron chi connectivity index (χ1n) is 6.84. The van der Waals surface area contributed by atoms with Crippen molar-refractivity contribution in [3.63, 3.8) is 0 Å². The van der Waals surface area contributed by atoms with Gasteiger partial charge >= 0.3 is 0 Å². The lowest BCUT2D eigenvalue weighted by molar-refractivity contribution is 0.0954. The Bertz CT molecular complexity index is 838. The van der Waals surface area contributed by atoms with Crippen LogP contribution in [0.3, 0.4) is 0 Å². The Labute approximate surface area is 149 Å². The number of halogens is 2. The molecule has 2 aromatic heterocycles. The molecule has 0 aliphatic carbocycles. The highest BCUT2D eigenvalue weighted by Gasteiger charge is 2.13. The molecule has 1 amide bonds. The summed E-state index contributed by atoms with van der Waals surface area (Å²) >= 11 is 8.30. The van der Waals surface area contributed by atoms with E-state index in [0.717, 1.165) is 19.5 Å². The molecule has 3 aromatic rings. The minimum absolute atomic E-state index is 0.0514. The third kappa shape index (κ3) is 3.29. The molecule has 1 aromatic carbocycles. The van der Waals surface area contributed by atoms with Crippen molar-refractivity contribution < 1.29 is 4.79 Å². The van der Waals surface area contributed by atoms with E-state index in [1.165, 1.54) is 27.8 Å². The summed E-state index contributed by atoms with van der Waals surface area (Å²) in [6.45, 7) is 2.69. The number of nitrogens with one attached hydrogen (secondary N) is 2. The number of rotatable bonds is 4. The number of hydrogen-bond donors (Lipinski definition) is 2. The molecule has 0 fully saturated rings. The summed E-state index contributed by atoms with van der Waals surface area (Å²) in [5.41, 5.74) is 4.28. The smallest absolute Gasteiger partial charge is 0.253 e. The molecule has 0 spiro atoms. The first kappa shape index (κ1) is 15.8. The number of fused-ring (bicyclic) bond motifs is 1. The van der Waals surface area contributed by atoms with Gasteiger partial charge in [-0.25, -0.2) is 0 Å². The Hall–Kier alpha value is -1.11. The van der Waals surface area contributed by atoms with Gasteiger partial charge in [0.25, 0.3) is 5.91 Å². The molecule has 114 valence electrons. The molecular weight excluding hydrogens is 428 g/mol. The average molecular weight is 442 g/mol. The number of hydrogen-bond acceptors (Lipinski definition) is 2. The third-order valence-corrected chi connectivity index (χ3v) is 5.84. The van der Waals surface area contributed by atoms with Crippen LogP contribution in [0.15, 0.2) is 38.0 Å². The molecule has 0 bridgehead atoms. The fraction of sp³-hybridized carbons (Fsp3) is 0.188. The Kier molecular flexibility index (Phi) is 4.70. The van der Waals surface area contributed by atoms with Crippen molar-refractivity contribution in [3.8, 4) is 0 Å². The van der Waals surface area contributed by atoms with E-state index in [1.807, 2.05) is 12.3 Å². The molecule has 6 heteroatoms. The van der Waals surface area contributed by atoms with Crippen LogP contribution >= 0.6 is 43.2 Å². The number of aromatic nitrogens is 1. The summed E-state index contributed by atoms with van der Waals surface area (Å²) in [4.78, 5) is 15.4. The van der Waals surface area contributed by atoms with E-state index in [0.29, 0.717) is 12.1 Å². The normalized spacial score (nSPS) is 11.0. The van der Waals surface area contributed by atoms with Crippen molar-refractivity contribution in [3.05, 3.63) is 54.7 Å². The van der Waals surface area contributed by atoms with Gasteiger partial charge in [0.15, 0.2) is 0 Å². The molecule has 22 heavy (non-hydrogen) atoms. The van der Waals surface area contributed by atoms with E-state index in [4.69, 9.17) is 0 Å². The van der Waals surface area contributed by atoms with Gasteiger partial charge in [0.1, 0.15) is 0 Å². The zero-order valence-electron chi connectivity index (χ0n) is 11.9. The van der Waals surface area contributed by atoms with Crippen LogP contribution in [0.1, 0.15) is 21.5 Å². The summed E-state index contributed by atoms with van der Waals surface area (Å²) in [7, 11) is 0. The second kappa shape index (κ2) is 6.56. The molecule has 0 aliphatic heterocycles. The summed E-state index contributed by atoms with van der Waals surface area (Å²) in [5.74, 6) is -0.0514. The van der Waals surface area contributed by atoms with Gasteiger partial charge in [-0.2, -0.15) is 0 Å². The van der Waals surface area contributed by atoms with E-state index in [2.05, 4.69) is 67.3 Å². The maximum Gasteiger partial charge on any atom is 0.253 e. The summed E-state index contributed by atoms with van der Waals surface area (Å²) in [6, 6.07) is 8.21. The van der Waals surface area contributed by atoms with Gasteiger partial charge in [0.05, 0.1) is 13.1 Å². The molecule has 3 rings (SSSR count). The van der Waals surface area contributed by atoms with Crippen molar-refractivity contribution in [2.75, 3.05) is 6.54 Å². The number of H-pyrrole nitrogens is 1. The largest absolute Gasteiger partial charge is 0.361 e. The first-order valence-corrected chi connectivity index (χ1v) is 9.24. The molecule has 0 radical (unpaired) electrons. The summed E-state index contributed by atoms with van der Waals surface area (Å²) in [6.07, 6.45) is 2.82. The molecule has 0 atom stereocenters. The lowest BCUT2D eigenvalue weighted by Crippen LogP contribution is -2.25. The summed E-state index contributed by atoms with van der Waals surface area (Å²) in [5, 5.41) is 4.19. The van der Waals surface area contributed by atoms with E-state index in [-0.39, 0.29) is 5.91 Å². The maximum absolute atomic E-state index is 12.2. The number of thiophene rings is 1. The first-order chi connectivity index (χ1) is 10.5. The van der Waals surface area contributed by atoms with Crippen molar-refractivity contribution in [1.29, 1.82) is 0 Å². The van der Waals surface area contributed by atoms with Crippen LogP contribution in [0.5, 0.6) is 0 Å². The highest BCUT2D eigenvalue weighted by atomic mass is 79.9. The quantitative estimate of drug-likeness (QED) is 0.585. The van der Waals surface area contributed by atoms with E-state index >= 15 is 0 Å². The number of carbonyl (C=O) groups excluding carboxylic acids is 1. The van der Waals surface area contributed by atoms with Crippen LogP contribution in [0, 0.1) is 6.92 Å². The second-order valence-corrected chi connectivity index (χ2v) is 8.86. The third-order valence-electron chi connectivity index (χ3n) is 3.50. The predicted octanol–water partition coefficient (Wildman–Crippen LogP) is 5.04. The number of carbonyl (C=O) groups is 1. The molecule has 3 nitrogen and oxygen atoms in total. The maximum atomic E-state index is 12.2. The zero-order valence-corrected chi connectivity index (χ0v) is 15.9. The van der Waals surface area contributed by atoms with Gasteiger partial charge in [-0.1, -0.05) is 12.1 Å². The molecule has 0 aliphatic rings. The van der Waals surface area contributed by atoms with Gasteiger partial charge in [-0.05, 0) is 68.5 Å². The zero-order chi connectivity index (χ0) is 15.7. The Morgan fingerprint density at radius 2 is 2.14 bits per heavy atom. The van der Waals surface area contributed by atoms with E-state index in [9.17, 15) is 4.79 Å². The lowest BCUT2D eigenvalue weighted by atomic mass is 10.1. The van der Waals surface area contributed by atoms with Gasteiger partial charge in [0, 0.05) is 23.6 Å². The average Bonchev–Trinajstić information content (AvgIpc) is 3.01. The minimum Gasteiger partial charge on any atom is -0.361 e. The fourth-order valence-electron chi connectivity index (χ4n) is 2.41. The van der Waals surface area contributed by atoms with Gasteiger partial charge in [0.2, 0.25) is 0 Å². The predicted molar refractivity (Wildman–Crippen MR) is 98.8 cm³/mol. The fourth-order valence-corrected chi connectivity index (χ4v) is 5.20. The number of amides is 1. The van der Waals surface area contributed by atoms with Crippen LogP contribution in [0.25, 0.3) is 10.9 Å². The van der Waals surface area contributed by atoms with Gasteiger partial charge in [-0.15, -0.1) is 11.3 Å². The van der Waals surface area contributed by atoms with Crippen molar-refractivity contribution in [2.24, 2.45) is 0 Å².